The van der Waals surface area contributed by atoms with E-state index in [-0.39, 0.29) is 0 Å². The fourth-order valence-electron chi connectivity index (χ4n) is 2.33. The van der Waals surface area contributed by atoms with Crippen LogP contribution in [0.5, 0.6) is 0 Å². The van der Waals surface area contributed by atoms with Crippen molar-refractivity contribution in [3.05, 3.63) is 35.9 Å². The van der Waals surface area contributed by atoms with Crippen molar-refractivity contribution in [1.29, 1.82) is 0 Å². The lowest BCUT2D eigenvalue weighted by molar-refractivity contribution is 0.289. The van der Waals surface area contributed by atoms with Crippen molar-refractivity contribution in [1.82, 2.24) is 5.32 Å². The first-order valence-corrected chi connectivity index (χ1v) is 5.73. The molecule has 14 heavy (non-hydrogen) atoms. The molecule has 0 amide bonds. The van der Waals surface area contributed by atoms with Gasteiger partial charge in [-0.3, -0.25) is 0 Å². The SMILES string of the molecule is c1ccc(C2CC(NC3CC3)C2)cc1. The topological polar surface area (TPSA) is 12.0 Å². The third kappa shape index (κ3) is 1.69. The van der Waals surface area contributed by atoms with Crippen molar-refractivity contribution in [2.45, 2.75) is 43.7 Å². The first-order chi connectivity index (χ1) is 6.92. The summed E-state index contributed by atoms with van der Waals surface area (Å²) in [5.41, 5.74) is 1.53. The highest BCUT2D eigenvalue weighted by molar-refractivity contribution is 5.22. The van der Waals surface area contributed by atoms with Crippen molar-refractivity contribution in [2.24, 2.45) is 0 Å². The van der Waals surface area contributed by atoms with Gasteiger partial charge in [0.05, 0.1) is 0 Å². The van der Waals surface area contributed by atoms with Crippen LogP contribution < -0.4 is 5.32 Å². The Balaban J connectivity index is 1.53. The highest BCUT2D eigenvalue weighted by atomic mass is 15.0. The average molecular weight is 187 g/mol. The summed E-state index contributed by atoms with van der Waals surface area (Å²) < 4.78 is 0. The van der Waals surface area contributed by atoms with E-state index < -0.39 is 0 Å². The largest absolute Gasteiger partial charge is 0.311 e. The van der Waals surface area contributed by atoms with Crippen molar-refractivity contribution in [3.63, 3.8) is 0 Å². The Morgan fingerprint density at radius 1 is 0.929 bits per heavy atom. The van der Waals surface area contributed by atoms with Crippen LogP contribution in [0.4, 0.5) is 0 Å². The second kappa shape index (κ2) is 3.39. The Kier molecular flexibility index (Phi) is 2.06. The van der Waals surface area contributed by atoms with E-state index in [1.807, 2.05) is 0 Å². The molecule has 0 bridgehead atoms. The maximum absolute atomic E-state index is 3.69. The second-order valence-corrected chi connectivity index (χ2v) is 4.72. The minimum Gasteiger partial charge on any atom is -0.311 e. The molecule has 0 aliphatic heterocycles. The van der Waals surface area contributed by atoms with Gasteiger partial charge >= 0.3 is 0 Å². The van der Waals surface area contributed by atoms with E-state index in [0.717, 1.165) is 18.0 Å². The molecule has 0 spiro atoms. The number of rotatable bonds is 3. The number of hydrogen-bond acceptors (Lipinski definition) is 1. The normalized spacial score (nSPS) is 31.1. The number of benzene rings is 1. The molecule has 0 radical (unpaired) electrons. The summed E-state index contributed by atoms with van der Waals surface area (Å²) in [6, 6.07) is 12.6. The summed E-state index contributed by atoms with van der Waals surface area (Å²) in [5, 5.41) is 3.69. The van der Waals surface area contributed by atoms with Crippen molar-refractivity contribution < 1.29 is 0 Å². The van der Waals surface area contributed by atoms with Crippen LogP contribution in [0.1, 0.15) is 37.2 Å². The molecule has 1 N–H and O–H groups in total. The van der Waals surface area contributed by atoms with E-state index in [1.54, 1.807) is 0 Å². The maximum atomic E-state index is 3.69. The Morgan fingerprint density at radius 3 is 2.29 bits per heavy atom. The van der Waals surface area contributed by atoms with Gasteiger partial charge in [0, 0.05) is 12.1 Å². The van der Waals surface area contributed by atoms with Crippen LogP contribution in [0.25, 0.3) is 0 Å². The van der Waals surface area contributed by atoms with Gasteiger partial charge in [-0.2, -0.15) is 0 Å². The highest BCUT2D eigenvalue weighted by Crippen LogP contribution is 2.38. The molecule has 2 fully saturated rings. The molecule has 1 aromatic carbocycles. The van der Waals surface area contributed by atoms with Crippen LogP contribution in [0.15, 0.2) is 30.3 Å². The van der Waals surface area contributed by atoms with Gasteiger partial charge in [-0.1, -0.05) is 30.3 Å². The number of hydrogen-bond donors (Lipinski definition) is 1. The maximum Gasteiger partial charge on any atom is 0.00813 e. The molecular weight excluding hydrogens is 170 g/mol. The van der Waals surface area contributed by atoms with Crippen LogP contribution in [0, 0.1) is 0 Å². The fourth-order valence-corrected chi connectivity index (χ4v) is 2.33. The van der Waals surface area contributed by atoms with Gasteiger partial charge in [-0.05, 0) is 37.2 Å². The number of nitrogens with one attached hydrogen (secondary N) is 1. The monoisotopic (exact) mass is 187 g/mol. The van der Waals surface area contributed by atoms with E-state index in [4.69, 9.17) is 0 Å². The zero-order valence-corrected chi connectivity index (χ0v) is 8.45. The third-order valence-corrected chi connectivity index (χ3v) is 3.46. The first kappa shape index (κ1) is 8.49. The van der Waals surface area contributed by atoms with Gasteiger partial charge in [0.25, 0.3) is 0 Å². The zero-order chi connectivity index (χ0) is 9.38. The molecule has 1 heteroatoms. The average Bonchev–Trinajstić information content (AvgIpc) is 2.96. The van der Waals surface area contributed by atoms with E-state index >= 15 is 0 Å². The molecule has 0 saturated heterocycles. The Labute approximate surface area is 85.5 Å². The lowest BCUT2D eigenvalue weighted by Crippen LogP contribution is -2.41. The van der Waals surface area contributed by atoms with Gasteiger partial charge in [-0.25, -0.2) is 0 Å². The minimum absolute atomic E-state index is 0.813. The van der Waals surface area contributed by atoms with Crippen LogP contribution >= 0.6 is 0 Å². The van der Waals surface area contributed by atoms with Gasteiger partial charge < -0.3 is 5.32 Å². The van der Waals surface area contributed by atoms with Crippen LogP contribution in [0.3, 0.4) is 0 Å². The third-order valence-electron chi connectivity index (χ3n) is 3.46. The summed E-state index contributed by atoms with van der Waals surface area (Å²) in [7, 11) is 0. The lowest BCUT2D eigenvalue weighted by Gasteiger charge is -2.36. The predicted octanol–water partition coefficient (Wildman–Crippen LogP) is 2.68. The summed E-state index contributed by atoms with van der Waals surface area (Å²) in [6.45, 7) is 0. The molecule has 0 unspecified atom stereocenters. The first-order valence-electron chi connectivity index (χ1n) is 5.73. The molecule has 3 rings (SSSR count). The summed E-state index contributed by atoms with van der Waals surface area (Å²) >= 11 is 0. The standard InChI is InChI=1S/C13H17N/c1-2-4-10(5-3-1)11-8-13(9-11)14-12-6-7-12/h1-5,11-14H,6-9H2. The second-order valence-electron chi connectivity index (χ2n) is 4.72. The molecule has 74 valence electrons. The Bertz CT molecular complexity index is 296. The fraction of sp³-hybridized carbons (Fsp3) is 0.538. The van der Waals surface area contributed by atoms with Crippen molar-refractivity contribution in [2.75, 3.05) is 0 Å². The smallest absolute Gasteiger partial charge is 0.00813 e. The summed E-state index contributed by atoms with van der Waals surface area (Å²) in [4.78, 5) is 0. The molecule has 2 aliphatic rings. The Morgan fingerprint density at radius 2 is 1.64 bits per heavy atom. The molecule has 0 aromatic heterocycles. The van der Waals surface area contributed by atoms with Gasteiger partial charge in [-0.15, -0.1) is 0 Å². The van der Waals surface area contributed by atoms with E-state index in [2.05, 4.69) is 35.6 Å². The van der Waals surface area contributed by atoms with Crippen LogP contribution in [-0.2, 0) is 0 Å². The van der Waals surface area contributed by atoms with E-state index in [0.29, 0.717) is 0 Å². The van der Waals surface area contributed by atoms with Gasteiger partial charge in [0.1, 0.15) is 0 Å². The van der Waals surface area contributed by atoms with E-state index in [9.17, 15) is 0 Å². The lowest BCUT2D eigenvalue weighted by atomic mass is 9.76. The highest BCUT2D eigenvalue weighted by Gasteiger charge is 2.33. The summed E-state index contributed by atoms with van der Waals surface area (Å²) in [6.07, 6.45) is 5.51. The molecular formula is C13H17N. The van der Waals surface area contributed by atoms with Gasteiger partial charge in [0.15, 0.2) is 0 Å². The van der Waals surface area contributed by atoms with Crippen molar-refractivity contribution in [3.8, 4) is 0 Å². The van der Waals surface area contributed by atoms with Crippen LogP contribution in [-0.4, -0.2) is 12.1 Å². The quantitative estimate of drug-likeness (QED) is 0.767. The minimum atomic E-state index is 0.813. The molecule has 0 atom stereocenters. The Hall–Kier alpha value is -0.820. The summed E-state index contributed by atoms with van der Waals surface area (Å²) in [5.74, 6) is 0.826. The van der Waals surface area contributed by atoms with Crippen molar-refractivity contribution >= 4 is 0 Å². The molecule has 2 saturated carbocycles. The molecule has 0 heterocycles. The molecule has 1 aromatic rings. The van der Waals surface area contributed by atoms with Crippen LogP contribution in [0.2, 0.25) is 0 Å². The predicted molar refractivity (Wildman–Crippen MR) is 58.4 cm³/mol. The zero-order valence-electron chi connectivity index (χ0n) is 8.45. The molecule has 1 nitrogen and oxygen atoms in total. The van der Waals surface area contributed by atoms with E-state index in [1.165, 1.54) is 31.2 Å². The molecule has 2 aliphatic carbocycles. The van der Waals surface area contributed by atoms with Gasteiger partial charge in [0.2, 0.25) is 0 Å².